The summed E-state index contributed by atoms with van der Waals surface area (Å²) in [6.07, 6.45) is 5.34. The standard InChI is InChI=1S/C15H12N3P/c19-13-7-4-10-18-15(13)14-11(5-3-9-17-14)12-6-1-2-8-16-12/h1-10H,19H2. The van der Waals surface area contributed by atoms with E-state index in [1.54, 1.807) is 18.6 Å². The summed E-state index contributed by atoms with van der Waals surface area (Å²) < 4.78 is 0. The molecule has 1 unspecified atom stereocenters. The summed E-state index contributed by atoms with van der Waals surface area (Å²) >= 11 is 0. The first-order valence-electron chi connectivity index (χ1n) is 5.93. The monoisotopic (exact) mass is 265 g/mol. The fourth-order valence-electron chi connectivity index (χ4n) is 1.94. The van der Waals surface area contributed by atoms with Crippen molar-refractivity contribution >= 4 is 14.5 Å². The van der Waals surface area contributed by atoms with Gasteiger partial charge in [-0.25, -0.2) is 0 Å². The molecule has 0 aromatic carbocycles. The molecule has 0 radical (unpaired) electrons. The highest BCUT2D eigenvalue weighted by Crippen LogP contribution is 2.26. The third-order valence-corrected chi connectivity index (χ3v) is 3.28. The summed E-state index contributed by atoms with van der Waals surface area (Å²) in [5.41, 5.74) is 3.62. The van der Waals surface area contributed by atoms with E-state index in [0.717, 1.165) is 27.9 Å². The van der Waals surface area contributed by atoms with Crippen LogP contribution in [0.3, 0.4) is 0 Å². The summed E-state index contributed by atoms with van der Waals surface area (Å²) in [6.45, 7) is 0. The van der Waals surface area contributed by atoms with Crippen LogP contribution in [0.15, 0.2) is 61.1 Å². The third-order valence-electron chi connectivity index (χ3n) is 2.81. The van der Waals surface area contributed by atoms with E-state index in [9.17, 15) is 0 Å². The number of pyridine rings is 3. The Morgan fingerprint density at radius 3 is 2.16 bits per heavy atom. The van der Waals surface area contributed by atoms with Crippen molar-refractivity contribution in [2.75, 3.05) is 0 Å². The molecule has 3 aromatic rings. The summed E-state index contributed by atoms with van der Waals surface area (Å²) in [5.74, 6) is 0. The van der Waals surface area contributed by atoms with Crippen LogP contribution in [-0.2, 0) is 0 Å². The number of nitrogens with zero attached hydrogens (tertiary/aromatic N) is 3. The summed E-state index contributed by atoms with van der Waals surface area (Å²) in [7, 11) is 2.70. The van der Waals surface area contributed by atoms with Crippen LogP contribution >= 0.6 is 9.24 Å². The highest BCUT2D eigenvalue weighted by Gasteiger charge is 2.11. The van der Waals surface area contributed by atoms with Crippen LogP contribution in [0.4, 0.5) is 0 Å². The molecular weight excluding hydrogens is 253 g/mol. The molecule has 0 saturated carbocycles. The van der Waals surface area contributed by atoms with Crippen LogP contribution in [-0.4, -0.2) is 15.0 Å². The van der Waals surface area contributed by atoms with Crippen LogP contribution in [0.5, 0.6) is 0 Å². The second-order valence-electron chi connectivity index (χ2n) is 4.06. The van der Waals surface area contributed by atoms with Gasteiger partial charge < -0.3 is 0 Å². The van der Waals surface area contributed by atoms with Crippen LogP contribution < -0.4 is 5.30 Å². The Bertz CT molecular complexity index is 699. The van der Waals surface area contributed by atoms with Gasteiger partial charge in [-0.1, -0.05) is 12.1 Å². The molecule has 0 bridgehead atoms. The van der Waals surface area contributed by atoms with E-state index in [4.69, 9.17) is 0 Å². The minimum Gasteiger partial charge on any atom is -0.256 e. The molecule has 0 fully saturated rings. The Hall–Kier alpha value is -2.12. The maximum absolute atomic E-state index is 4.47. The summed E-state index contributed by atoms with van der Waals surface area (Å²) in [6, 6.07) is 13.7. The second kappa shape index (κ2) is 5.25. The Morgan fingerprint density at radius 2 is 1.42 bits per heavy atom. The average molecular weight is 265 g/mol. The second-order valence-corrected chi connectivity index (χ2v) is 4.68. The van der Waals surface area contributed by atoms with Crippen LogP contribution in [0.1, 0.15) is 0 Å². The van der Waals surface area contributed by atoms with Gasteiger partial charge in [0.1, 0.15) is 0 Å². The van der Waals surface area contributed by atoms with E-state index < -0.39 is 0 Å². The first kappa shape index (κ1) is 11.9. The van der Waals surface area contributed by atoms with Gasteiger partial charge >= 0.3 is 0 Å². The van der Waals surface area contributed by atoms with E-state index in [1.807, 2.05) is 42.5 Å². The Balaban J connectivity index is 2.21. The highest BCUT2D eigenvalue weighted by atomic mass is 31.0. The van der Waals surface area contributed by atoms with E-state index >= 15 is 0 Å². The molecule has 0 amide bonds. The molecule has 92 valence electrons. The fraction of sp³-hybridized carbons (Fsp3) is 0. The molecule has 0 N–H and O–H groups in total. The molecule has 0 aliphatic rings. The van der Waals surface area contributed by atoms with Crippen LogP contribution in [0.25, 0.3) is 22.6 Å². The van der Waals surface area contributed by atoms with Gasteiger partial charge in [-0.3, -0.25) is 15.0 Å². The van der Waals surface area contributed by atoms with Gasteiger partial charge in [0.05, 0.1) is 17.1 Å². The fourth-order valence-corrected chi connectivity index (χ4v) is 2.26. The van der Waals surface area contributed by atoms with Crippen molar-refractivity contribution < 1.29 is 0 Å². The smallest absolute Gasteiger partial charge is 0.0986 e. The number of hydrogen-bond acceptors (Lipinski definition) is 3. The zero-order valence-corrected chi connectivity index (χ0v) is 11.3. The van der Waals surface area contributed by atoms with E-state index in [2.05, 4.69) is 24.2 Å². The Morgan fingerprint density at radius 1 is 0.684 bits per heavy atom. The molecule has 0 aliphatic carbocycles. The summed E-state index contributed by atoms with van der Waals surface area (Å²) in [4.78, 5) is 13.3. The van der Waals surface area contributed by atoms with Gasteiger partial charge in [-0.15, -0.1) is 9.24 Å². The zero-order chi connectivity index (χ0) is 13.1. The van der Waals surface area contributed by atoms with Crippen molar-refractivity contribution in [3.63, 3.8) is 0 Å². The third kappa shape index (κ3) is 2.38. The minimum atomic E-state index is 0.854. The molecule has 3 nitrogen and oxygen atoms in total. The molecule has 0 saturated heterocycles. The van der Waals surface area contributed by atoms with Crippen LogP contribution in [0.2, 0.25) is 0 Å². The maximum atomic E-state index is 4.47. The predicted molar refractivity (Wildman–Crippen MR) is 80.0 cm³/mol. The van der Waals surface area contributed by atoms with Crippen molar-refractivity contribution in [2.24, 2.45) is 0 Å². The van der Waals surface area contributed by atoms with Gasteiger partial charge in [0.25, 0.3) is 0 Å². The van der Waals surface area contributed by atoms with E-state index in [-0.39, 0.29) is 0 Å². The van der Waals surface area contributed by atoms with Crippen molar-refractivity contribution in [2.45, 2.75) is 0 Å². The number of aromatic nitrogens is 3. The van der Waals surface area contributed by atoms with Gasteiger partial charge in [-0.2, -0.15) is 0 Å². The lowest BCUT2D eigenvalue weighted by atomic mass is 10.1. The number of hydrogen-bond donors (Lipinski definition) is 0. The topological polar surface area (TPSA) is 38.7 Å². The Labute approximate surface area is 114 Å². The molecule has 4 heteroatoms. The van der Waals surface area contributed by atoms with Crippen molar-refractivity contribution in [3.05, 3.63) is 61.1 Å². The normalized spacial score (nSPS) is 10.4. The molecule has 19 heavy (non-hydrogen) atoms. The molecule has 3 heterocycles. The SMILES string of the molecule is Pc1cccnc1-c1ncccc1-c1ccccn1. The first-order chi connectivity index (χ1) is 9.36. The molecule has 3 aromatic heterocycles. The summed E-state index contributed by atoms with van der Waals surface area (Å²) in [5, 5.41) is 1.03. The van der Waals surface area contributed by atoms with Crippen molar-refractivity contribution in [1.82, 2.24) is 15.0 Å². The van der Waals surface area contributed by atoms with Crippen LogP contribution in [0, 0.1) is 0 Å². The number of rotatable bonds is 2. The molecule has 0 aliphatic heterocycles. The van der Waals surface area contributed by atoms with Gasteiger partial charge in [0, 0.05) is 24.2 Å². The minimum absolute atomic E-state index is 0.854. The van der Waals surface area contributed by atoms with Gasteiger partial charge in [0.2, 0.25) is 0 Å². The van der Waals surface area contributed by atoms with Crippen molar-refractivity contribution in [1.29, 1.82) is 0 Å². The first-order valence-corrected chi connectivity index (χ1v) is 6.51. The highest BCUT2D eigenvalue weighted by molar-refractivity contribution is 7.27. The average Bonchev–Trinajstić information content (AvgIpc) is 2.49. The van der Waals surface area contributed by atoms with Gasteiger partial charge in [0.15, 0.2) is 0 Å². The molecule has 0 spiro atoms. The van der Waals surface area contributed by atoms with Crippen molar-refractivity contribution in [3.8, 4) is 22.6 Å². The van der Waals surface area contributed by atoms with E-state index in [0.29, 0.717) is 0 Å². The quantitative estimate of drug-likeness (QED) is 0.669. The largest absolute Gasteiger partial charge is 0.256 e. The lowest BCUT2D eigenvalue weighted by Gasteiger charge is -2.09. The lowest BCUT2D eigenvalue weighted by molar-refractivity contribution is 1.24. The maximum Gasteiger partial charge on any atom is 0.0986 e. The molecule has 1 atom stereocenters. The van der Waals surface area contributed by atoms with Gasteiger partial charge in [-0.05, 0) is 35.6 Å². The van der Waals surface area contributed by atoms with E-state index in [1.165, 1.54) is 0 Å². The predicted octanol–water partition coefficient (Wildman–Crippen LogP) is 2.71. The Kier molecular flexibility index (Phi) is 3.30. The lowest BCUT2D eigenvalue weighted by Crippen LogP contribution is -2.02. The molecular formula is C15H12N3P. The molecule has 3 rings (SSSR count). The zero-order valence-electron chi connectivity index (χ0n) is 10.2.